The fourth-order valence-corrected chi connectivity index (χ4v) is 1.70. The molecule has 0 amide bonds. The number of carbonyl (C=O) groups excluding carboxylic acids is 2. The molecule has 0 saturated heterocycles. The van der Waals surface area contributed by atoms with Crippen molar-refractivity contribution >= 4 is 12.3 Å². The Morgan fingerprint density at radius 2 is 2.00 bits per heavy atom. The van der Waals surface area contributed by atoms with Gasteiger partial charge in [-0.3, -0.25) is 4.79 Å². The Morgan fingerprint density at radius 3 is 2.53 bits per heavy atom. The number of carbonyl (C=O) groups is 2. The molecule has 1 fully saturated rings. The van der Waals surface area contributed by atoms with Crippen LogP contribution in [0.15, 0.2) is 35.9 Å². The molecule has 0 radical (unpaired) electrons. The molecule has 1 aliphatic rings. The third kappa shape index (κ3) is 3.56. The normalized spacial score (nSPS) is 14.3. The van der Waals surface area contributed by atoms with E-state index in [0.29, 0.717) is 11.5 Å². The summed E-state index contributed by atoms with van der Waals surface area (Å²) in [6, 6.07) is 6.89. The van der Waals surface area contributed by atoms with Gasteiger partial charge in [-0.1, -0.05) is 11.8 Å². The van der Waals surface area contributed by atoms with E-state index in [1.807, 2.05) is 0 Å². The summed E-state index contributed by atoms with van der Waals surface area (Å²) >= 11 is 0. The van der Waals surface area contributed by atoms with Gasteiger partial charge in [-0.2, -0.15) is 0 Å². The molecule has 3 nitrogen and oxygen atoms in total. The molecule has 0 heterocycles. The zero-order valence-corrected chi connectivity index (χ0v) is 10.7. The lowest BCUT2D eigenvalue weighted by Gasteiger charge is -1.98. The molecule has 0 aromatic heterocycles. The molecule has 1 aromatic carbocycles. The summed E-state index contributed by atoms with van der Waals surface area (Å²) in [4.78, 5) is 21.8. The predicted octanol–water partition coefficient (Wildman–Crippen LogP) is 2.36. The van der Waals surface area contributed by atoms with Gasteiger partial charge in [-0.05, 0) is 49.1 Å². The quantitative estimate of drug-likeness (QED) is 0.360. The Morgan fingerprint density at radius 1 is 1.32 bits per heavy atom. The maximum atomic E-state index is 11.3. The van der Waals surface area contributed by atoms with Gasteiger partial charge in [0.25, 0.3) is 0 Å². The fraction of sp³-hybridized carbons (Fsp3) is 0.250. The first-order chi connectivity index (χ1) is 9.24. The van der Waals surface area contributed by atoms with Crippen molar-refractivity contribution in [3.63, 3.8) is 0 Å². The van der Waals surface area contributed by atoms with Crippen LogP contribution in [0.25, 0.3) is 0 Å². The Labute approximate surface area is 112 Å². The van der Waals surface area contributed by atoms with Crippen LogP contribution in [0, 0.1) is 17.8 Å². The van der Waals surface area contributed by atoms with E-state index >= 15 is 0 Å². The first-order valence-electron chi connectivity index (χ1n) is 6.10. The summed E-state index contributed by atoms with van der Waals surface area (Å²) in [5.41, 5.74) is 2.20. The maximum absolute atomic E-state index is 11.3. The van der Waals surface area contributed by atoms with Crippen molar-refractivity contribution in [2.75, 3.05) is 7.11 Å². The Bertz CT molecular complexity index is 566. The first kappa shape index (κ1) is 13.1. The smallest absolute Gasteiger partial charge is 0.337 e. The maximum Gasteiger partial charge on any atom is 0.337 e. The van der Waals surface area contributed by atoms with E-state index in [9.17, 15) is 9.59 Å². The molecule has 2 rings (SSSR count). The second-order valence-electron chi connectivity index (χ2n) is 4.35. The molecule has 19 heavy (non-hydrogen) atoms. The van der Waals surface area contributed by atoms with Crippen molar-refractivity contribution in [2.45, 2.75) is 12.8 Å². The fourth-order valence-electron chi connectivity index (χ4n) is 1.70. The molecule has 1 aromatic rings. The number of aldehydes is 1. The van der Waals surface area contributed by atoms with E-state index in [4.69, 9.17) is 0 Å². The molecule has 1 aliphatic carbocycles. The topological polar surface area (TPSA) is 43.4 Å². The highest BCUT2D eigenvalue weighted by atomic mass is 16.5. The first-order valence-corrected chi connectivity index (χ1v) is 6.10. The minimum Gasteiger partial charge on any atom is -0.465 e. The second-order valence-corrected chi connectivity index (χ2v) is 4.35. The lowest BCUT2D eigenvalue weighted by molar-refractivity contribution is -0.104. The van der Waals surface area contributed by atoms with E-state index in [1.165, 1.54) is 13.2 Å². The highest BCUT2D eigenvalue weighted by molar-refractivity contribution is 5.89. The minimum absolute atomic E-state index is 0.362. The molecule has 0 N–H and O–H groups in total. The molecule has 0 atom stereocenters. The van der Waals surface area contributed by atoms with Gasteiger partial charge in [0.05, 0.1) is 12.7 Å². The summed E-state index contributed by atoms with van der Waals surface area (Å²) in [6.45, 7) is 0. The molecule has 96 valence electrons. The molecule has 0 unspecified atom stereocenters. The number of allylic oxidation sites excluding steroid dienone is 2. The number of hydrogen-bond donors (Lipinski definition) is 0. The van der Waals surface area contributed by atoms with Crippen molar-refractivity contribution in [2.24, 2.45) is 5.92 Å². The third-order valence-electron chi connectivity index (χ3n) is 2.92. The lowest BCUT2D eigenvalue weighted by Crippen LogP contribution is -2.00. The van der Waals surface area contributed by atoms with Crippen LogP contribution in [0.3, 0.4) is 0 Å². The van der Waals surface area contributed by atoms with E-state index in [1.54, 1.807) is 24.3 Å². The van der Waals surface area contributed by atoms with Crippen LogP contribution in [0.2, 0.25) is 0 Å². The Kier molecular flexibility index (Phi) is 4.15. The summed E-state index contributed by atoms with van der Waals surface area (Å²) in [6.07, 6.45) is 4.53. The van der Waals surface area contributed by atoms with Crippen LogP contribution in [-0.4, -0.2) is 19.4 Å². The molecule has 0 aliphatic heterocycles. The average molecular weight is 254 g/mol. The van der Waals surface area contributed by atoms with Crippen LogP contribution in [0.4, 0.5) is 0 Å². The third-order valence-corrected chi connectivity index (χ3v) is 2.92. The highest BCUT2D eigenvalue weighted by Gasteiger charge is 2.24. The van der Waals surface area contributed by atoms with Gasteiger partial charge in [-0.15, -0.1) is 0 Å². The van der Waals surface area contributed by atoms with Crippen molar-refractivity contribution in [1.82, 2.24) is 0 Å². The molecule has 0 bridgehead atoms. The number of ether oxygens (including phenoxy) is 1. The number of benzene rings is 1. The summed E-state index contributed by atoms with van der Waals surface area (Å²) in [5, 5.41) is 0. The molecular formula is C16H14O3. The van der Waals surface area contributed by atoms with Gasteiger partial charge in [0.15, 0.2) is 0 Å². The lowest BCUT2D eigenvalue weighted by atomic mass is 10.1. The average Bonchev–Trinajstić information content (AvgIpc) is 3.27. The molecule has 0 spiro atoms. The van der Waals surface area contributed by atoms with Crippen LogP contribution < -0.4 is 0 Å². The van der Waals surface area contributed by atoms with Crippen LogP contribution in [-0.2, 0) is 9.53 Å². The SMILES string of the molecule is COC(=O)c1ccc(C#C/C(=C\C=O)C2CC2)cc1. The van der Waals surface area contributed by atoms with Crippen molar-refractivity contribution < 1.29 is 14.3 Å². The number of methoxy groups -OCH3 is 1. The van der Waals surface area contributed by atoms with Crippen LogP contribution >= 0.6 is 0 Å². The Balaban J connectivity index is 2.13. The van der Waals surface area contributed by atoms with E-state index in [-0.39, 0.29) is 5.97 Å². The van der Waals surface area contributed by atoms with Gasteiger partial charge in [0.1, 0.15) is 6.29 Å². The van der Waals surface area contributed by atoms with Gasteiger partial charge in [-0.25, -0.2) is 4.79 Å². The Hall–Kier alpha value is -2.34. The monoisotopic (exact) mass is 254 g/mol. The van der Waals surface area contributed by atoms with E-state index < -0.39 is 0 Å². The predicted molar refractivity (Wildman–Crippen MR) is 71.5 cm³/mol. The molecular weight excluding hydrogens is 240 g/mol. The number of hydrogen-bond acceptors (Lipinski definition) is 3. The van der Waals surface area contributed by atoms with Crippen LogP contribution in [0.5, 0.6) is 0 Å². The van der Waals surface area contributed by atoms with E-state index in [2.05, 4.69) is 16.6 Å². The van der Waals surface area contributed by atoms with Crippen molar-refractivity contribution in [3.05, 3.63) is 47.0 Å². The standard InChI is InChI=1S/C16H14O3/c1-19-16(18)15-6-3-12(4-7-15)2-5-14(10-11-17)13-8-9-13/h3-4,6-7,10-11,13H,8-9H2,1H3/b14-10+. The van der Waals surface area contributed by atoms with Gasteiger partial charge in [0, 0.05) is 11.1 Å². The van der Waals surface area contributed by atoms with Crippen molar-refractivity contribution in [3.8, 4) is 11.8 Å². The number of esters is 1. The van der Waals surface area contributed by atoms with Crippen molar-refractivity contribution in [1.29, 1.82) is 0 Å². The molecule has 3 heteroatoms. The summed E-state index contributed by atoms with van der Waals surface area (Å²) < 4.78 is 4.62. The second kappa shape index (κ2) is 6.01. The van der Waals surface area contributed by atoms with Gasteiger partial charge in [0.2, 0.25) is 0 Å². The highest BCUT2D eigenvalue weighted by Crippen LogP contribution is 2.35. The number of rotatable bonds is 3. The minimum atomic E-state index is -0.362. The zero-order chi connectivity index (χ0) is 13.7. The zero-order valence-electron chi connectivity index (χ0n) is 10.7. The summed E-state index contributed by atoms with van der Waals surface area (Å²) in [5.74, 6) is 6.12. The largest absolute Gasteiger partial charge is 0.465 e. The molecule has 1 saturated carbocycles. The van der Waals surface area contributed by atoms with E-state index in [0.717, 1.165) is 30.3 Å². The van der Waals surface area contributed by atoms with Gasteiger partial charge >= 0.3 is 5.97 Å². The van der Waals surface area contributed by atoms with Crippen LogP contribution in [0.1, 0.15) is 28.8 Å². The summed E-state index contributed by atoms with van der Waals surface area (Å²) in [7, 11) is 1.35. The van der Waals surface area contributed by atoms with Gasteiger partial charge < -0.3 is 4.74 Å².